The van der Waals surface area contributed by atoms with Crippen molar-refractivity contribution in [1.82, 2.24) is 4.98 Å². The van der Waals surface area contributed by atoms with Crippen LogP contribution in [0.25, 0.3) is 22.2 Å². The molecule has 0 radical (unpaired) electrons. The molecule has 3 nitrogen and oxygen atoms in total. The highest BCUT2D eigenvalue weighted by Gasteiger charge is 2.12. The summed E-state index contributed by atoms with van der Waals surface area (Å²) in [6.07, 6.45) is 1.25. The summed E-state index contributed by atoms with van der Waals surface area (Å²) in [6.45, 7) is 5.46. The number of fused-ring (bicyclic) bond motifs is 2. The fraction of sp³-hybridized carbons (Fsp3) is 0.250. The van der Waals surface area contributed by atoms with Gasteiger partial charge in [0.2, 0.25) is 0 Å². The molecule has 118 valence electrons. The molecule has 0 saturated carbocycles. The molecule has 2 aromatic carbocycles. The fourth-order valence-electron chi connectivity index (χ4n) is 2.43. The summed E-state index contributed by atoms with van der Waals surface area (Å²) in [7, 11) is 0. The van der Waals surface area contributed by atoms with E-state index in [9.17, 15) is 0 Å². The highest BCUT2D eigenvalue weighted by atomic mass is 16.6. The maximum atomic E-state index is 5.62. The Morgan fingerprint density at radius 3 is 2.43 bits per heavy atom. The minimum atomic E-state index is 0.599. The number of nitrogens with zero attached hydrogens (tertiary/aromatic N) is 1. The molecule has 0 atom stereocenters. The first kappa shape index (κ1) is 15.3. The average molecular weight is 307 g/mol. The number of hydrogen-bond donors (Lipinski definition) is 0. The zero-order valence-electron chi connectivity index (χ0n) is 13.6. The molecule has 3 heteroatoms. The fourth-order valence-corrected chi connectivity index (χ4v) is 2.43. The molecule has 0 amide bonds. The van der Waals surface area contributed by atoms with Crippen LogP contribution in [0.1, 0.15) is 20.3 Å². The second-order valence-corrected chi connectivity index (χ2v) is 5.45. The highest BCUT2D eigenvalue weighted by molar-refractivity contribution is 5.81. The number of hydrogen-bond acceptors (Lipinski definition) is 3. The summed E-state index contributed by atoms with van der Waals surface area (Å²) in [5, 5.41) is 1.15. The molecule has 23 heavy (non-hydrogen) atoms. The minimum absolute atomic E-state index is 0.599. The van der Waals surface area contributed by atoms with Crippen molar-refractivity contribution in [3.05, 3.63) is 54.6 Å². The number of aromatic nitrogens is 1. The van der Waals surface area contributed by atoms with Gasteiger partial charge in [0.15, 0.2) is 11.5 Å². The van der Waals surface area contributed by atoms with Crippen molar-refractivity contribution >= 4 is 10.9 Å². The largest absolute Gasteiger partial charge is 0.486 e. The van der Waals surface area contributed by atoms with Gasteiger partial charge in [-0.1, -0.05) is 44.5 Å². The molecule has 0 aliphatic carbocycles. The quantitative estimate of drug-likeness (QED) is 0.627. The van der Waals surface area contributed by atoms with E-state index in [1.54, 1.807) is 0 Å². The van der Waals surface area contributed by atoms with Crippen LogP contribution in [-0.4, -0.2) is 18.2 Å². The normalized spacial score (nSPS) is 12.4. The Morgan fingerprint density at radius 2 is 1.61 bits per heavy atom. The van der Waals surface area contributed by atoms with E-state index in [0.717, 1.165) is 33.7 Å². The van der Waals surface area contributed by atoms with Crippen LogP contribution in [0.4, 0.5) is 0 Å². The van der Waals surface area contributed by atoms with Crippen LogP contribution < -0.4 is 9.47 Å². The topological polar surface area (TPSA) is 31.4 Å². The third kappa shape index (κ3) is 3.45. The van der Waals surface area contributed by atoms with Crippen molar-refractivity contribution in [1.29, 1.82) is 0 Å². The summed E-state index contributed by atoms with van der Waals surface area (Å²) < 4.78 is 11.2. The first-order valence-corrected chi connectivity index (χ1v) is 8.07. The van der Waals surface area contributed by atoms with Crippen LogP contribution >= 0.6 is 0 Å². The first-order valence-electron chi connectivity index (χ1n) is 8.07. The van der Waals surface area contributed by atoms with Gasteiger partial charge in [-0.2, -0.15) is 0 Å². The SMILES string of the molecule is CCC.c1ccc2nc(-c3ccc4c(c3)OCCO4)ccc2c1. The van der Waals surface area contributed by atoms with E-state index in [1.807, 2.05) is 42.5 Å². The van der Waals surface area contributed by atoms with Crippen molar-refractivity contribution in [2.45, 2.75) is 20.3 Å². The molecular weight excluding hydrogens is 286 g/mol. The van der Waals surface area contributed by atoms with Gasteiger partial charge in [0, 0.05) is 10.9 Å². The maximum Gasteiger partial charge on any atom is 0.162 e. The predicted molar refractivity (Wildman–Crippen MR) is 94.1 cm³/mol. The Labute approximate surface area is 136 Å². The molecule has 3 aromatic rings. The second-order valence-electron chi connectivity index (χ2n) is 5.45. The average Bonchev–Trinajstić information content (AvgIpc) is 2.61. The number of rotatable bonds is 1. The summed E-state index contributed by atoms with van der Waals surface area (Å²) in [5.41, 5.74) is 2.99. The van der Waals surface area contributed by atoms with Gasteiger partial charge in [-0.25, -0.2) is 4.98 Å². The minimum Gasteiger partial charge on any atom is -0.486 e. The zero-order valence-corrected chi connectivity index (χ0v) is 13.6. The van der Waals surface area contributed by atoms with Crippen molar-refractivity contribution in [3.8, 4) is 22.8 Å². The predicted octanol–water partition coefficient (Wildman–Crippen LogP) is 5.09. The van der Waals surface area contributed by atoms with Gasteiger partial charge in [-0.15, -0.1) is 0 Å². The molecule has 1 aromatic heterocycles. The molecule has 0 bridgehead atoms. The molecular formula is C20H21NO2. The van der Waals surface area contributed by atoms with Crippen LogP contribution in [0, 0.1) is 0 Å². The number of pyridine rings is 1. The van der Waals surface area contributed by atoms with Gasteiger partial charge in [-0.3, -0.25) is 0 Å². The molecule has 1 aliphatic heterocycles. The second kappa shape index (κ2) is 7.14. The van der Waals surface area contributed by atoms with E-state index < -0.39 is 0 Å². The van der Waals surface area contributed by atoms with E-state index in [-0.39, 0.29) is 0 Å². The van der Waals surface area contributed by atoms with Crippen LogP contribution in [0.3, 0.4) is 0 Å². The lowest BCUT2D eigenvalue weighted by Gasteiger charge is -2.18. The molecule has 0 spiro atoms. The number of para-hydroxylation sites is 1. The van der Waals surface area contributed by atoms with E-state index >= 15 is 0 Å². The molecule has 2 heterocycles. The Hall–Kier alpha value is -2.55. The van der Waals surface area contributed by atoms with E-state index in [2.05, 4.69) is 26.0 Å². The summed E-state index contributed by atoms with van der Waals surface area (Å²) in [5.74, 6) is 1.60. The zero-order chi connectivity index (χ0) is 16.1. The van der Waals surface area contributed by atoms with Crippen LogP contribution in [-0.2, 0) is 0 Å². The standard InChI is InChI=1S/C17H13NO2.C3H8/c1-2-4-14-12(3-1)5-7-15(18-14)13-6-8-16-17(11-13)20-10-9-19-16;1-3-2/h1-8,11H,9-10H2;3H2,1-2H3. The van der Waals surface area contributed by atoms with Crippen LogP contribution in [0.5, 0.6) is 11.5 Å². The molecule has 0 saturated heterocycles. The molecule has 1 aliphatic rings. The lowest BCUT2D eigenvalue weighted by Crippen LogP contribution is -2.15. The monoisotopic (exact) mass is 307 g/mol. The smallest absolute Gasteiger partial charge is 0.162 e. The summed E-state index contributed by atoms with van der Waals surface area (Å²) >= 11 is 0. The Balaban J connectivity index is 0.000000485. The molecule has 0 N–H and O–H groups in total. The van der Waals surface area contributed by atoms with Gasteiger partial charge in [0.25, 0.3) is 0 Å². The number of ether oxygens (including phenoxy) is 2. The van der Waals surface area contributed by atoms with Crippen LogP contribution in [0.2, 0.25) is 0 Å². The van der Waals surface area contributed by atoms with Gasteiger partial charge < -0.3 is 9.47 Å². The third-order valence-electron chi connectivity index (χ3n) is 3.44. The maximum absolute atomic E-state index is 5.62. The number of benzene rings is 2. The first-order chi connectivity index (χ1) is 11.3. The van der Waals surface area contributed by atoms with Gasteiger partial charge in [0.05, 0.1) is 11.2 Å². The molecule has 0 unspecified atom stereocenters. The molecule has 4 rings (SSSR count). The summed E-state index contributed by atoms with van der Waals surface area (Å²) in [6, 6.07) is 18.2. The Bertz CT molecular complexity index is 799. The lowest BCUT2D eigenvalue weighted by atomic mass is 10.1. The highest BCUT2D eigenvalue weighted by Crippen LogP contribution is 2.34. The van der Waals surface area contributed by atoms with E-state index in [0.29, 0.717) is 13.2 Å². The van der Waals surface area contributed by atoms with Crippen LogP contribution in [0.15, 0.2) is 54.6 Å². The van der Waals surface area contributed by atoms with Crippen molar-refractivity contribution in [2.75, 3.05) is 13.2 Å². The molecule has 0 fully saturated rings. The summed E-state index contributed by atoms with van der Waals surface area (Å²) in [4.78, 5) is 4.70. The van der Waals surface area contributed by atoms with Crippen molar-refractivity contribution < 1.29 is 9.47 Å². The van der Waals surface area contributed by atoms with E-state index in [4.69, 9.17) is 14.5 Å². The van der Waals surface area contributed by atoms with Gasteiger partial charge in [-0.05, 0) is 30.3 Å². The third-order valence-corrected chi connectivity index (χ3v) is 3.44. The van der Waals surface area contributed by atoms with Crippen molar-refractivity contribution in [3.63, 3.8) is 0 Å². The van der Waals surface area contributed by atoms with Gasteiger partial charge in [0.1, 0.15) is 13.2 Å². The van der Waals surface area contributed by atoms with Crippen molar-refractivity contribution in [2.24, 2.45) is 0 Å². The lowest BCUT2D eigenvalue weighted by molar-refractivity contribution is 0.171. The van der Waals surface area contributed by atoms with Gasteiger partial charge >= 0.3 is 0 Å². The van der Waals surface area contributed by atoms with E-state index in [1.165, 1.54) is 6.42 Å². The Morgan fingerprint density at radius 1 is 0.870 bits per heavy atom. The Kier molecular flexibility index (Phi) is 4.77.